The number of fused-ring (bicyclic) bond motifs is 3. The second kappa shape index (κ2) is 9.76. The van der Waals surface area contributed by atoms with Crippen molar-refractivity contribution >= 4 is 49.3 Å². The molecule has 180 valence electrons. The molecule has 0 saturated heterocycles. The first-order valence-corrected chi connectivity index (χ1v) is 13.0. The average molecular weight is 560 g/mol. The van der Waals surface area contributed by atoms with Crippen molar-refractivity contribution in [3.63, 3.8) is 0 Å². The van der Waals surface area contributed by atoms with E-state index in [4.69, 9.17) is 9.47 Å². The van der Waals surface area contributed by atoms with Gasteiger partial charge in [-0.25, -0.2) is 9.38 Å². The molecule has 0 aliphatic rings. The van der Waals surface area contributed by atoms with Crippen LogP contribution in [0.4, 0.5) is 0 Å². The molecule has 6 nitrogen and oxygen atoms in total. The topological polar surface area (TPSA) is 76.6 Å². The SMILES string of the molecule is CCOc1cc(/C=c2\sc3nc4cc(C)c(C)cc4n3c2=O)c(Br)cc1OCc1ccccc1C#N. The van der Waals surface area contributed by atoms with E-state index in [1.807, 2.05) is 69.3 Å². The minimum Gasteiger partial charge on any atom is -0.490 e. The number of aromatic nitrogens is 2. The van der Waals surface area contributed by atoms with Crippen LogP contribution in [0.5, 0.6) is 11.5 Å². The highest BCUT2D eigenvalue weighted by Crippen LogP contribution is 2.35. The summed E-state index contributed by atoms with van der Waals surface area (Å²) in [5.74, 6) is 1.11. The predicted molar refractivity (Wildman–Crippen MR) is 146 cm³/mol. The van der Waals surface area contributed by atoms with Crippen molar-refractivity contribution in [1.82, 2.24) is 9.38 Å². The van der Waals surface area contributed by atoms with Crippen molar-refractivity contribution < 1.29 is 9.47 Å². The maximum Gasteiger partial charge on any atom is 0.274 e. The van der Waals surface area contributed by atoms with Crippen LogP contribution in [-0.4, -0.2) is 16.0 Å². The van der Waals surface area contributed by atoms with Crippen molar-refractivity contribution in [3.8, 4) is 17.6 Å². The lowest BCUT2D eigenvalue weighted by Crippen LogP contribution is -2.22. The van der Waals surface area contributed by atoms with Gasteiger partial charge >= 0.3 is 0 Å². The molecule has 0 amide bonds. The van der Waals surface area contributed by atoms with E-state index in [-0.39, 0.29) is 12.2 Å². The van der Waals surface area contributed by atoms with Gasteiger partial charge in [-0.3, -0.25) is 4.79 Å². The second-order valence-corrected chi connectivity index (χ2v) is 10.2. The molecule has 0 aliphatic heterocycles. The Labute approximate surface area is 220 Å². The molecule has 5 rings (SSSR count). The Morgan fingerprint density at radius 1 is 1.11 bits per heavy atom. The molecule has 0 saturated carbocycles. The number of ether oxygens (including phenoxy) is 2. The molecule has 0 radical (unpaired) electrons. The summed E-state index contributed by atoms with van der Waals surface area (Å²) >= 11 is 4.98. The molecular weight excluding hydrogens is 538 g/mol. The van der Waals surface area contributed by atoms with Gasteiger partial charge in [0.2, 0.25) is 0 Å². The molecule has 36 heavy (non-hydrogen) atoms. The van der Waals surface area contributed by atoms with Crippen LogP contribution in [0.2, 0.25) is 0 Å². The van der Waals surface area contributed by atoms with Gasteiger partial charge in [-0.1, -0.05) is 45.5 Å². The highest BCUT2D eigenvalue weighted by molar-refractivity contribution is 9.10. The summed E-state index contributed by atoms with van der Waals surface area (Å²) in [4.78, 5) is 18.7. The molecule has 3 aromatic carbocycles. The molecule has 8 heteroatoms. The van der Waals surface area contributed by atoms with Crippen LogP contribution in [0.15, 0.2) is 57.8 Å². The molecular formula is C28H22BrN3O3S. The molecule has 0 spiro atoms. The van der Waals surface area contributed by atoms with Crippen LogP contribution in [0.25, 0.3) is 22.1 Å². The summed E-state index contributed by atoms with van der Waals surface area (Å²) in [6.07, 6.45) is 1.84. The highest BCUT2D eigenvalue weighted by atomic mass is 79.9. The maximum atomic E-state index is 13.3. The van der Waals surface area contributed by atoms with Crippen LogP contribution in [0.3, 0.4) is 0 Å². The number of hydrogen-bond donors (Lipinski definition) is 0. The number of halogens is 1. The zero-order valence-electron chi connectivity index (χ0n) is 20.0. The molecule has 0 fully saturated rings. The van der Waals surface area contributed by atoms with Gasteiger partial charge < -0.3 is 9.47 Å². The Balaban J connectivity index is 1.55. The average Bonchev–Trinajstić information content (AvgIpc) is 3.36. The van der Waals surface area contributed by atoms with Gasteiger partial charge in [-0.05, 0) is 73.9 Å². The zero-order chi connectivity index (χ0) is 25.4. The summed E-state index contributed by atoms with van der Waals surface area (Å²) in [6.45, 7) is 6.67. The van der Waals surface area contributed by atoms with E-state index >= 15 is 0 Å². The molecule has 2 heterocycles. The molecule has 0 atom stereocenters. The van der Waals surface area contributed by atoms with Crippen LogP contribution in [-0.2, 0) is 6.61 Å². The lowest BCUT2D eigenvalue weighted by molar-refractivity contribution is 0.269. The summed E-state index contributed by atoms with van der Waals surface area (Å²) in [5, 5.41) is 9.35. The van der Waals surface area contributed by atoms with E-state index < -0.39 is 0 Å². The van der Waals surface area contributed by atoms with Gasteiger partial charge in [0.05, 0.1) is 33.8 Å². The smallest absolute Gasteiger partial charge is 0.274 e. The molecule has 0 aliphatic carbocycles. The summed E-state index contributed by atoms with van der Waals surface area (Å²) < 4.78 is 14.9. The van der Waals surface area contributed by atoms with Gasteiger partial charge in [0.25, 0.3) is 5.56 Å². The minimum absolute atomic E-state index is 0.0981. The predicted octanol–water partition coefficient (Wildman–Crippen LogP) is 5.69. The lowest BCUT2D eigenvalue weighted by Gasteiger charge is -2.14. The largest absolute Gasteiger partial charge is 0.490 e. The summed E-state index contributed by atoms with van der Waals surface area (Å²) in [5.41, 5.74) is 5.99. The van der Waals surface area contributed by atoms with Gasteiger partial charge in [0.1, 0.15) is 6.61 Å². The number of rotatable bonds is 6. The van der Waals surface area contributed by atoms with Crippen LogP contribution < -0.4 is 19.6 Å². The number of aryl methyl sites for hydroxylation is 2. The lowest BCUT2D eigenvalue weighted by atomic mass is 10.1. The van der Waals surface area contributed by atoms with Crippen LogP contribution >= 0.6 is 27.3 Å². The van der Waals surface area contributed by atoms with E-state index in [0.717, 1.165) is 37.8 Å². The fraction of sp³-hybridized carbons (Fsp3) is 0.179. The van der Waals surface area contributed by atoms with Crippen molar-refractivity contribution in [2.75, 3.05) is 6.61 Å². The molecule has 0 unspecified atom stereocenters. The Hall–Kier alpha value is -3.67. The third-order valence-corrected chi connectivity index (χ3v) is 7.68. The van der Waals surface area contributed by atoms with Gasteiger partial charge in [0.15, 0.2) is 16.5 Å². The second-order valence-electron chi connectivity index (χ2n) is 8.38. The molecule has 0 bridgehead atoms. The maximum absolute atomic E-state index is 13.3. The number of benzene rings is 3. The fourth-order valence-electron chi connectivity index (χ4n) is 4.01. The van der Waals surface area contributed by atoms with E-state index in [2.05, 4.69) is 27.0 Å². The Kier molecular flexibility index (Phi) is 6.52. The van der Waals surface area contributed by atoms with E-state index in [0.29, 0.717) is 33.2 Å². The van der Waals surface area contributed by atoms with Crippen molar-refractivity contribution in [3.05, 3.63) is 95.7 Å². The van der Waals surface area contributed by atoms with Gasteiger partial charge in [-0.2, -0.15) is 5.26 Å². The minimum atomic E-state index is -0.0981. The quantitative estimate of drug-likeness (QED) is 0.267. The van der Waals surface area contributed by atoms with E-state index in [1.54, 1.807) is 10.5 Å². The van der Waals surface area contributed by atoms with Crippen LogP contribution in [0.1, 0.15) is 34.7 Å². The number of thiazole rings is 1. The monoisotopic (exact) mass is 559 g/mol. The van der Waals surface area contributed by atoms with Crippen molar-refractivity contribution in [2.24, 2.45) is 0 Å². The van der Waals surface area contributed by atoms with Crippen LogP contribution in [0, 0.1) is 25.2 Å². The molecule has 2 aromatic heterocycles. The number of nitrogens with zero attached hydrogens (tertiary/aromatic N) is 3. The van der Waals surface area contributed by atoms with E-state index in [1.165, 1.54) is 11.3 Å². The zero-order valence-corrected chi connectivity index (χ0v) is 22.4. The normalized spacial score (nSPS) is 11.8. The first kappa shape index (κ1) is 24.0. The molecule has 0 N–H and O–H groups in total. The third-order valence-electron chi connectivity index (χ3n) is 6.02. The summed E-state index contributed by atoms with van der Waals surface area (Å²) in [6, 6.07) is 17.2. The van der Waals surface area contributed by atoms with Crippen molar-refractivity contribution in [2.45, 2.75) is 27.4 Å². The van der Waals surface area contributed by atoms with Gasteiger partial charge in [0, 0.05) is 10.0 Å². The third kappa shape index (κ3) is 4.36. The Morgan fingerprint density at radius 3 is 2.64 bits per heavy atom. The first-order valence-electron chi connectivity index (χ1n) is 11.4. The standard InChI is InChI=1S/C28H22BrN3O3S/c1-4-34-24-11-20(21(29)13-25(24)35-15-19-8-6-5-7-18(19)14-30)12-26-27(33)32-23-10-17(3)16(2)9-22(23)31-28(32)36-26/h5-13H,4,15H2,1-3H3/b26-12-. The number of nitriles is 1. The number of imidazole rings is 1. The summed E-state index contributed by atoms with van der Waals surface area (Å²) in [7, 11) is 0. The fourth-order valence-corrected chi connectivity index (χ4v) is 5.43. The number of hydrogen-bond acceptors (Lipinski definition) is 6. The van der Waals surface area contributed by atoms with Crippen molar-refractivity contribution in [1.29, 1.82) is 5.26 Å². The van der Waals surface area contributed by atoms with Gasteiger partial charge in [-0.15, -0.1) is 0 Å². The van der Waals surface area contributed by atoms with E-state index in [9.17, 15) is 10.1 Å². The highest BCUT2D eigenvalue weighted by Gasteiger charge is 2.15. The molecule has 5 aromatic rings. The first-order chi connectivity index (χ1) is 17.4. The Morgan fingerprint density at radius 2 is 1.86 bits per heavy atom. The Bertz CT molecular complexity index is 1780.